The lowest BCUT2D eigenvalue weighted by Gasteiger charge is -2.35. The number of H-pyrrole nitrogens is 1. The van der Waals surface area contributed by atoms with Crippen LogP contribution in [0.3, 0.4) is 0 Å². The predicted molar refractivity (Wildman–Crippen MR) is 143 cm³/mol. The van der Waals surface area contributed by atoms with E-state index in [1.165, 1.54) is 6.07 Å². The van der Waals surface area contributed by atoms with E-state index >= 15 is 0 Å². The lowest BCUT2D eigenvalue weighted by atomic mass is 9.97. The summed E-state index contributed by atoms with van der Waals surface area (Å²) >= 11 is 0. The Balaban J connectivity index is 2.36. The van der Waals surface area contributed by atoms with Crippen LogP contribution in [0.5, 0.6) is 0 Å². The molecule has 0 fully saturated rings. The van der Waals surface area contributed by atoms with E-state index in [2.05, 4.69) is 9.97 Å². The van der Waals surface area contributed by atoms with Crippen molar-refractivity contribution < 1.29 is 57.2 Å². The first-order chi connectivity index (χ1) is 19.8. The van der Waals surface area contributed by atoms with Gasteiger partial charge in [0.1, 0.15) is 18.0 Å². The molecule has 3 aromatic rings. The second kappa shape index (κ2) is 13.6. The van der Waals surface area contributed by atoms with Crippen molar-refractivity contribution in [2.24, 2.45) is 0 Å². The lowest BCUT2D eigenvalue weighted by Crippen LogP contribution is -2.50. The van der Waals surface area contributed by atoms with Crippen molar-refractivity contribution in [3.63, 3.8) is 0 Å². The van der Waals surface area contributed by atoms with Gasteiger partial charge in [-0.15, -0.1) is 0 Å². The van der Waals surface area contributed by atoms with Gasteiger partial charge in [0, 0.05) is 50.9 Å². The molecule has 0 saturated carbocycles. The van der Waals surface area contributed by atoms with Gasteiger partial charge in [-0.1, -0.05) is 18.2 Å². The Morgan fingerprint density at radius 3 is 1.93 bits per heavy atom. The molecule has 0 radical (unpaired) electrons. The molecular weight excluding hydrogens is 556 g/mol. The Morgan fingerprint density at radius 2 is 1.36 bits per heavy atom. The molecule has 4 atom stereocenters. The van der Waals surface area contributed by atoms with Crippen LogP contribution in [0, 0.1) is 0 Å². The monoisotopic (exact) mass is 586 g/mol. The molecule has 3 rings (SSSR count). The number of benzene rings is 1. The number of para-hydroxylation sites is 1. The molecule has 14 heteroatoms. The Morgan fingerprint density at radius 1 is 0.762 bits per heavy atom. The summed E-state index contributed by atoms with van der Waals surface area (Å²) in [6.45, 7) is 4.72. The highest BCUT2D eigenvalue weighted by Gasteiger charge is 2.46. The molecule has 0 spiro atoms. The minimum atomic E-state index is -1.73. The first kappa shape index (κ1) is 31.5. The Kier molecular flexibility index (Phi) is 10.2. The number of pyridine rings is 1. The molecule has 224 valence electrons. The smallest absolute Gasteiger partial charge is 0.356 e. The number of fused-ring (bicyclic) bond motifs is 3. The summed E-state index contributed by atoms with van der Waals surface area (Å²) in [4.78, 5) is 81.0. The number of esters is 6. The summed E-state index contributed by atoms with van der Waals surface area (Å²) in [6.07, 6.45) is -6.61. The summed E-state index contributed by atoms with van der Waals surface area (Å²) in [5.74, 6) is -5.08. The summed E-state index contributed by atoms with van der Waals surface area (Å²) in [5, 5.41) is 1.16. The van der Waals surface area contributed by atoms with Gasteiger partial charge >= 0.3 is 35.8 Å². The number of carbonyl (C=O) groups is 6. The summed E-state index contributed by atoms with van der Waals surface area (Å²) in [5.41, 5.74) is 0.644. The van der Waals surface area contributed by atoms with Crippen molar-refractivity contribution in [3.05, 3.63) is 41.7 Å². The quantitative estimate of drug-likeness (QED) is 0.255. The maximum Gasteiger partial charge on any atom is 0.356 e. The van der Waals surface area contributed by atoms with Crippen LogP contribution >= 0.6 is 0 Å². The number of aromatic amines is 1. The zero-order valence-electron chi connectivity index (χ0n) is 23.7. The van der Waals surface area contributed by atoms with E-state index in [-0.39, 0.29) is 16.9 Å². The van der Waals surface area contributed by atoms with Crippen molar-refractivity contribution in [2.45, 2.75) is 59.0 Å². The number of methoxy groups -OCH3 is 1. The fraction of sp³-hybridized carbons (Fsp3) is 0.393. The van der Waals surface area contributed by atoms with E-state index in [0.29, 0.717) is 16.3 Å². The number of hydrogen-bond acceptors (Lipinski definition) is 13. The van der Waals surface area contributed by atoms with E-state index in [9.17, 15) is 28.8 Å². The SMILES string of the molecule is COC(=O)c1cc2c([nH]c3ccccc32)c([C@H](OC(C)=O)[C@@H](OC(C)=O)[C@@H](OC(C)=O)[C@@H](COC(C)=O)OC(C)=O)n1. The van der Waals surface area contributed by atoms with E-state index in [4.69, 9.17) is 28.4 Å². The molecule has 1 N–H and O–H groups in total. The van der Waals surface area contributed by atoms with E-state index in [1.54, 1.807) is 24.3 Å². The maximum atomic E-state index is 12.7. The summed E-state index contributed by atoms with van der Waals surface area (Å²) < 4.78 is 31.8. The average Bonchev–Trinajstić information content (AvgIpc) is 3.29. The molecule has 0 aliphatic carbocycles. The van der Waals surface area contributed by atoms with Gasteiger partial charge in [-0.05, 0) is 12.1 Å². The number of ether oxygens (including phenoxy) is 6. The zero-order valence-corrected chi connectivity index (χ0v) is 23.7. The molecule has 0 aliphatic heterocycles. The molecule has 42 heavy (non-hydrogen) atoms. The lowest BCUT2D eigenvalue weighted by molar-refractivity contribution is -0.203. The van der Waals surface area contributed by atoms with Gasteiger partial charge in [0.05, 0.1) is 12.6 Å². The van der Waals surface area contributed by atoms with Crippen LogP contribution in [0.1, 0.15) is 56.9 Å². The van der Waals surface area contributed by atoms with E-state index in [1.807, 2.05) is 0 Å². The highest BCUT2D eigenvalue weighted by molar-refractivity contribution is 6.09. The fourth-order valence-electron chi connectivity index (χ4n) is 4.39. The average molecular weight is 587 g/mol. The van der Waals surface area contributed by atoms with Crippen LogP contribution in [-0.4, -0.2) is 77.8 Å². The number of carbonyl (C=O) groups excluding carboxylic acids is 6. The molecule has 0 aliphatic rings. The second-order valence-corrected chi connectivity index (χ2v) is 9.11. The minimum Gasteiger partial charge on any atom is -0.464 e. The molecule has 14 nitrogen and oxygen atoms in total. The summed E-state index contributed by atoms with van der Waals surface area (Å²) in [6, 6.07) is 8.56. The van der Waals surface area contributed by atoms with Crippen molar-refractivity contribution in [1.82, 2.24) is 9.97 Å². The molecule has 2 heterocycles. The first-order valence-electron chi connectivity index (χ1n) is 12.6. The maximum absolute atomic E-state index is 12.7. The number of nitrogens with zero attached hydrogens (tertiary/aromatic N) is 1. The molecule has 0 bridgehead atoms. The second-order valence-electron chi connectivity index (χ2n) is 9.11. The Bertz CT molecular complexity index is 1530. The van der Waals surface area contributed by atoms with Crippen molar-refractivity contribution >= 4 is 57.6 Å². The highest BCUT2D eigenvalue weighted by Crippen LogP contribution is 2.36. The van der Waals surface area contributed by atoms with Gasteiger partial charge in [-0.3, -0.25) is 24.0 Å². The van der Waals surface area contributed by atoms with Crippen LogP contribution in [0.25, 0.3) is 21.8 Å². The van der Waals surface area contributed by atoms with Crippen LogP contribution in [0.15, 0.2) is 30.3 Å². The number of hydrogen-bond donors (Lipinski definition) is 1. The number of nitrogens with one attached hydrogen (secondary N) is 1. The zero-order chi connectivity index (χ0) is 31.1. The number of aromatic nitrogens is 2. The van der Waals surface area contributed by atoms with Crippen molar-refractivity contribution in [3.8, 4) is 0 Å². The van der Waals surface area contributed by atoms with Crippen LogP contribution < -0.4 is 0 Å². The first-order valence-corrected chi connectivity index (χ1v) is 12.6. The third-order valence-electron chi connectivity index (χ3n) is 5.84. The Labute approximate surface area is 239 Å². The standard InChI is InChI=1S/C28H30N2O12/c1-13(31)38-12-22(39-14(2)32)25(40-15(3)33)27(42-17(5)35)26(41-16(4)34)24-23-19(11-21(30-24)28(36)37-6)18-9-7-8-10-20(18)29-23/h7-11,22,25-27,29H,12H2,1-6H3/t22-,25+,26+,27+/m1/s1. The highest BCUT2D eigenvalue weighted by atomic mass is 16.6. The topological polar surface area (TPSA) is 186 Å². The minimum absolute atomic E-state index is 0.100. The van der Waals surface area contributed by atoms with Gasteiger partial charge in [-0.2, -0.15) is 0 Å². The third kappa shape index (κ3) is 7.59. The molecule has 0 unspecified atom stereocenters. The van der Waals surface area contributed by atoms with E-state index < -0.39 is 66.8 Å². The van der Waals surface area contributed by atoms with Gasteiger partial charge < -0.3 is 33.4 Å². The molecule has 1 aromatic carbocycles. The van der Waals surface area contributed by atoms with Crippen LogP contribution in [0.4, 0.5) is 0 Å². The fourth-order valence-corrected chi connectivity index (χ4v) is 4.39. The number of rotatable bonds is 11. The largest absolute Gasteiger partial charge is 0.464 e. The predicted octanol–water partition coefficient (Wildman–Crippen LogP) is 2.47. The van der Waals surface area contributed by atoms with Gasteiger partial charge in [-0.25, -0.2) is 9.78 Å². The van der Waals surface area contributed by atoms with Gasteiger partial charge in [0.15, 0.2) is 24.4 Å². The third-order valence-corrected chi connectivity index (χ3v) is 5.84. The molecule has 0 amide bonds. The van der Waals surface area contributed by atoms with Crippen LogP contribution in [-0.2, 0) is 52.4 Å². The van der Waals surface area contributed by atoms with Crippen LogP contribution in [0.2, 0.25) is 0 Å². The van der Waals surface area contributed by atoms with E-state index in [0.717, 1.165) is 41.7 Å². The van der Waals surface area contributed by atoms with Crippen molar-refractivity contribution in [1.29, 1.82) is 0 Å². The molecular formula is C28H30N2O12. The molecule has 0 saturated heterocycles. The summed E-state index contributed by atoms with van der Waals surface area (Å²) in [7, 11) is 1.16. The van der Waals surface area contributed by atoms with Crippen molar-refractivity contribution in [2.75, 3.05) is 13.7 Å². The molecule has 2 aromatic heterocycles. The normalized spacial score (nSPS) is 13.8. The van der Waals surface area contributed by atoms with Gasteiger partial charge in [0.25, 0.3) is 0 Å². The van der Waals surface area contributed by atoms with Gasteiger partial charge in [0.2, 0.25) is 0 Å². The Hall–Kier alpha value is -5.01.